The molecule has 2 rings (SSSR count). The zero-order chi connectivity index (χ0) is 10.8. The molecule has 2 aromatic rings. The van der Waals surface area contributed by atoms with Gasteiger partial charge in [0.2, 0.25) is 0 Å². The molecule has 76 valence electrons. The van der Waals surface area contributed by atoms with Crippen LogP contribution in [0.25, 0.3) is 11.1 Å². The van der Waals surface area contributed by atoms with Crippen molar-refractivity contribution in [3.63, 3.8) is 0 Å². The molecule has 0 atom stereocenters. The second-order valence-corrected chi connectivity index (χ2v) is 3.83. The highest BCUT2D eigenvalue weighted by Gasteiger charge is 2.02. The van der Waals surface area contributed by atoms with E-state index in [4.69, 9.17) is 0 Å². The quantitative estimate of drug-likeness (QED) is 0.649. The zero-order valence-corrected chi connectivity index (χ0v) is 8.92. The van der Waals surface area contributed by atoms with E-state index in [1.54, 1.807) is 12.1 Å². The first-order valence-electron chi connectivity index (χ1n) is 5.00. The van der Waals surface area contributed by atoms with Gasteiger partial charge in [-0.2, -0.15) is 0 Å². The van der Waals surface area contributed by atoms with Gasteiger partial charge in [-0.25, -0.2) is 4.39 Å². The molecule has 0 saturated carbocycles. The van der Waals surface area contributed by atoms with Gasteiger partial charge in [-0.05, 0) is 42.7 Å². The number of hydrogen-bond donors (Lipinski definition) is 0. The third kappa shape index (κ3) is 2.07. The summed E-state index contributed by atoms with van der Waals surface area (Å²) in [7, 11) is 0. The molecular formula is C14H13F. The lowest BCUT2D eigenvalue weighted by molar-refractivity contribution is 0.628. The molecule has 0 aliphatic rings. The Labute approximate surface area is 89.4 Å². The maximum Gasteiger partial charge on any atom is 0.123 e. The van der Waals surface area contributed by atoms with Crippen molar-refractivity contribution in [2.45, 2.75) is 13.8 Å². The lowest BCUT2D eigenvalue weighted by atomic mass is 9.99. The summed E-state index contributed by atoms with van der Waals surface area (Å²) in [6, 6.07) is 12.9. The summed E-state index contributed by atoms with van der Waals surface area (Å²) in [6.07, 6.45) is 0. The van der Waals surface area contributed by atoms with E-state index in [2.05, 4.69) is 13.0 Å². The second-order valence-electron chi connectivity index (χ2n) is 3.83. The minimum absolute atomic E-state index is 0.188. The Morgan fingerprint density at radius 3 is 2.40 bits per heavy atom. The first-order chi connectivity index (χ1) is 7.16. The van der Waals surface area contributed by atoms with Crippen molar-refractivity contribution >= 4 is 0 Å². The van der Waals surface area contributed by atoms with E-state index < -0.39 is 0 Å². The molecule has 15 heavy (non-hydrogen) atoms. The number of halogens is 1. The standard InChI is InChI=1S/C14H13F/c1-10-6-7-14(11(2)8-10)12-4-3-5-13(15)9-12/h3-9H,1-2H3. The van der Waals surface area contributed by atoms with Crippen LogP contribution < -0.4 is 0 Å². The number of rotatable bonds is 1. The molecule has 0 aromatic heterocycles. The van der Waals surface area contributed by atoms with Gasteiger partial charge in [-0.3, -0.25) is 0 Å². The van der Waals surface area contributed by atoms with Crippen molar-refractivity contribution in [2.75, 3.05) is 0 Å². The average molecular weight is 200 g/mol. The monoisotopic (exact) mass is 200 g/mol. The molecule has 2 aromatic carbocycles. The van der Waals surface area contributed by atoms with Crippen molar-refractivity contribution in [1.82, 2.24) is 0 Å². The molecule has 0 nitrogen and oxygen atoms in total. The molecule has 0 unspecified atom stereocenters. The largest absolute Gasteiger partial charge is 0.207 e. The molecule has 0 aliphatic heterocycles. The molecule has 0 saturated heterocycles. The van der Waals surface area contributed by atoms with Crippen LogP contribution >= 0.6 is 0 Å². The van der Waals surface area contributed by atoms with Crippen LogP contribution in [0.3, 0.4) is 0 Å². The minimum atomic E-state index is -0.188. The average Bonchev–Trinajstić information content (AvgIpc) is 2.17. The summed E-state index contributed by atoms with van der Waals surface area (Å²) >= 11 is 0. The molecule has 0 amide bonds. The summed E-state index contributed by atoms with van der Waals surface area (Å²) in [5.41, 5.74) is 4.45. The molecule has 0 heterocycles. The van der Waals surface area contributed by atoms with Crippen LogP contribution in [0.4, 0.5) is 4.39 Å². The summed E-state index contributed by atoms with van der Waals surface area (Å²) < 4.78 is 13.1. The van der Waals surface area contributed by atoms with Crippen LogP contribution in [-0.4, -0.2) is 0 Å². The number of aryl methyl sites for hydroxylation is 2. The third-order valence-corrected chi connectivity index (χ3v) is 2.52. The highest BCUT2D eigenvalue weighted by atomic mass is 19.1. The van der Waals surface area contributed by atoms with Crippen molar-refractivity contribution in [1.29, 1.82) is 0 Å². The van der Waals surface area contributed by atoms with Crippen molar-refractivity contribution in [3.8, 4) is 11.1 Å². The first kappa shape index (κ1) is 9.91. The normalized spacial score (nSPS) is 10.3. The van der Waals surface area contributed by atoms with Gasteiger partial charge in [0.15, 0.2) is 0 Å². The van der Waals surface area contributed by atoms with Gasteiger partial charge < -0.3 is 0 Å². The fraction of sp³-hybridized carbons (Fsp3) is 0.143. The lowest BCUT2D eigenvalue weighted by Crippen LogP contribution is -1.85. The molecule has 0 N–H and O–H groups in total. The Kier molecular flexibility index (Phi) is 2.55. The van der Waals surface area contributed by atoms with Gasteiger partial charge in [-0.1, -0.05) is 35.9 Å². The molecule has 0 aliphatic carbocycles. The van der Waals surface area contributed by atoms with Crippen molar-refractivity contribution < 1.29 is 4.39 Å². The number of benzene rings is 2. The van der Waals surface area contributed by atoms with Gasteiger partial charge >= 0.3 is 0 Å². The Balaban J connectivity index is 2.54. The fourth-order valence-corrected chi connectivity index (χ4v) is 1.79. The van der Waals surface area contributed by atoms with E-state index in [0.29, 0.717) is 0 Å². The Bertz CT molecular complexity index is 486. The van der Waals surface area contributed by atoms with E-state index in [-0.39, 0.29) is 5.82 Å². The smallest absolute Gasteiger partial charge is 0.123 e. The number of hydrogen-bond acceptors (Lipinski definition) is 0. The first-order valence-corrected chi connectivity index (χ1v) is 5.00. The fourth-order valence-electron chi connectivity index (χ4n) is 1.79. The molecule has 0 radical (unpaired) electrons. The molecule has 0 fully saturated rings. The minimum Gasteiger partial charge on any atom is -0.207 e. The summed E-state index contributed by atoms with van der Waals surface area (Å²) in [5, 5.41) is 0. The van der Waals surface area contributed by atoms with E-state index in [1.165, 1.54) is 17.2 Å². The topological polar surface area (TPSA) is 0 Å². The van der Waals surface area contributed by atoms with Gasteiger partial charge in [0.1, 0.15) is 5.82 Å². The molecule has 0 bridgehead atoms. The zero-order valence-electron chi connectivity index (χ0n) is 8.92. The van der Waals surface area contributed by atoms with Crippen LogP contribution in [0.2, 0.25) is 0 Å². The Morgan fingerprint density at radius 2 is 1.73 bits per heavy atom. The van der Waals surface area contributed by atoms with Crippen LogP contribution in [0.15, 0.2) is 42.5 Å². The summed E-state index contributed by atoms with van der Waals surface area (Å²) in [5.74, 6) is -0.188. The molecule has 0 spiro atoms. The highest BCUT2D eigenvalue weighted by Crippen LogP contribution is 2.24. The Hall–Kier alpha value is -1.63. The summed E-state index contributed by atoms with van der Waals surface area (Å²) in [4.78, 5) is 0. The SMILES string of the molecule is Cc1ccc(-c2cccc(F)c2)c(C)c1. The predicted octanol–water partition coefficient (Wildman–Crippen LogP) is 4.11. The van der Waals surface area contributed by atoms with Gasteiger partial charge in [0.25, 0.3) is 0 Å². The van der Waals surface area contributed by atoms with E-state index >= 15 is 0 Å². The highest BCUT2D eigenvalue weighted by molar-refractivity contribution is 5.67. The van der Waals surface area contributed by atoms with Crippen LogP contribution in [0.1, 0.15) is 11.1 Å². The lowest BCUT2D eigenvalue weighted by Gasteiger charge is -2.06. The molecule has 1 heteroatoms. The molecular weight excluding hydrogens is 187 g/mol. The maximum absolute atomic E-state index is 13.1. The van der Waals surface area contributed by atoms with Crippen LogP contribution in [-0.2, 0) is 0 Å². The van der Waals surface area contributed by atoms with Crippen molar-refractivity contribution in [2.24, 2.45) is 0 Å². The van der Waals surface area contributed by atoms with Gasteiger partial charge in [0, 0.05) is 0 Å². The Morgan fingerprint density at radius 1 is 0.933 bits per heavy atom. The van der Waals surface area contributed by atoms with E-state index in [0.717, 1.165) is 11.1 Å². The predicted molar refractivity (Wildman–Crippen MR) is 61.3 cm³/mol. The van der Waals surface area contributed by atoms with E-state index in [9.17, 15) is 4.39 Å². The summed E-state index contributed by atoms with van der Waals surface area (Å²) in [6.45, 7) is 4.11. The van der Waals surface area contributed by atoms with Crippen molar-refractivity contribution in [3.05, 3.63) is 59.4 Å². The van der Waals surface area contributed by atoms with Gasteiger partial charge in [0.05, 0.1) is 0 Å². The third-order valence-electron chi connectivity index (χ3n) is 2.52. The van der Waals surface area contributed by atoms with Crippen LogP contribution in [0, 0.1) is 19.7 Å². The second kappa shape index (κ2) is 3.85. The van der Waals surface area contributed by atoms with Gasteiger partial charge in [-0.15, -0.1) is 0 Å². The van der Waals surface area contributed by atoms with E-state index in [1.807, 2.05) is 25.1 Å². The maximum atomic E-state index is 13.1. The van der Waals surface area contributed by atoms with Crippen LogP contribution in [0.5, 0.6) is 0 Å².